The molecule has 10 rings (SSSR count). The van der Waals surface area contributed by atoms with E-state index in [1.807, 2.05) is 36.4 Å². The fourth-order valence-corrected chi connectivity index (χ4v) is 8.52. The Hall–Kier alpha value is -8.60. The van der Waals surface area contributed by atoms with Crippen LogP contribution in [0, 0.1) is 52.8 Å². The van der Waals surface area contributed by atoms with Gasteiger partial charge in [-0.3, -0.25) is 0 Å². The van der Waals surface area contributed by atoms with Gasteiger partial charge in [0.25, 0.3) is 0 Å². The summed E-state index contributed by atoms with van der Waals surface area (Å²) in [7, 11) is 0. The summed E-state index contributed by atoms with van der Waals surface area (Å²) in [4.78, 5) is 6.58. The molecule has 0 saturated carbocycles. The van der Waals surface area contributed by atoms with Gasteiger partial charge in [-0.25, -0.2) is 31.2 Å². The van der Waals surface area contributed by atoms with Crippen LogP contribution in [0.5, 0.6) is 0 Å². The molecule has 4 nitrogen and oxygen atoms in total. The lowest BCUT2D eigenvalue weighted by Crippen LogP contribution is -2.14. The van der Waals surface area contributed by atoms with E-state index in [1.165, 1.54) is 53.4 Å². The molecule has 0 aliphatic carbocycles. The van der Waals surface area contributed by atoms with E-state index >= 15 is 17.6 Å². The molecule has 0 spiro atoms. The van der Waals surface area contributed by atoms with Crippen molar-refractivity contribution in [3.63, 3.8) is 0 Å². The summed E-state index contributed by atoms with van der Waals surface area (Å²) in [5.41, 5.74) is 1.31. The van der Waals surface area contributed by atoms with Crippen LogP contribution < -0.4 is 9.80 Å². The normalized spacial score (nSPS) is 11.2. The number of hydrogen-bond acceptors (Lipinski definition) is 3. The van der Waals surface area contributed by atoms with Gasteiger partial charge in [0.1, 0.15) is 34.9 Å². The highest BCUT2D eigenvalue weighted by Crippen LogP contribution is 2.49. The first kappa shape index (κ1) is 39.5. The van der Waals surface area contributed by atoms with Crippen LogP contribution in [0.25, 0.3) is 59.4 Å². The summed E-state index contributed by atoms with van der Waals surface area (Å²) in [5.74, 6) is -4.83. The molecule has 306 valence electrons. The van der Waals surface area contributed by atoms with Crippen LogP contribution in [0.1, 0.15) is 5.56 Å². The van der Waals surface area contributed by atoms with Crippen molar-refractivity contribution in [1.82, 2.24) is 0 Å². The Bertz CT molecular complexity index is 3320. The van der Waals surface area contributed by atoms with Crippen LogP contribution in [-0.2, 0) is 0 Å². The quantitative estimate of drug-likeness (QED) is 0.0868. The van der Waals surface area contributed by atoms with E-state index in [2.05, 4.69) is 10.9 Å². The number of benzene rings is 10. The maximum absolute atomic E-state index is 16.6. The fourth-order valence-electron chi connectivity index (χ4n) is 8.52. The molecule has 0 heterocycles. The summed E-state index contributed by atoms with van der Waals surface area (Å²) < 4.78 is 95.4. The molecule has 0 aliphatic heterocycles. The highest BCUT2D eigenvalue weighted by atomic mass is 19.1. The maximum Gasteiger partial charge on any atom is 0.187 e. The van der Waals surface area contributed by atoms with Gasteiger partial charge in [0, 0.05) is 56.5 Å². The van der Waals surface area contributed by atoms with Gasteiger partial charge in [0.2, 0.25) is 0 Å². The van der Waals surface area contributed by atoms with Crippen LogP contribution in [0.4, 0.5) is 66.2 Å². The van der Waals surface area contributed by atoms with E-state index in [4.69, 9.17) is 6.57 Å². The SMILES string of the molecule is [C-]#[N+]c1ccc(N(c2cc(F)c(-c3ccccc3F)cc2F)c2ccc3ccc4c(N(c5ccc(C#N)cc5)c5cc(F)c(-c6ccccc6F)cc5F)ccc5ccc2c3c54)cc1. The molecular formula is C54H28F6N4. The Balaban J connectivity index is 1.20. The summed E-state index contributed by atoms with van der Waals surface area (Å²) in [6.07, 6.45) is 0. The van der Waals surface area contributed by atoms with E-state index in [0.717, 1.165) is 45.8 Å². The smallest absolute Gasteiger partial charge is 0.187 e. The third kappa shape index (κ3) is 6.57. The second-order valence-electron chi connectivity index (χ2n) is 15.1. The predicted octanol–water partition coefficient (Wildman–Crippen LogP) is 16.1. The summed E-state index contributed by atoms with van der Waals surface area (Å²) in [5, 5.41) is 13.9. The van der Waals surface area contributed by atoms with Gasteiger partial charge in [-0.1, -0.05) is 84.9 Å². The minimum absolute atomic E-state index is 0.101. The number of nitrogens with zero attached hydrogens (tertiary/aromatic N) is 4. The molecule has 10 heteroatoms. The van der Waals surface area contributed by atoms with Gasteiger partial charge in [-0.15, -0.1) is 0 Å². The molecule has 0 fully saturated rings. The molecule has 0 amide bonds. The third-order valence-corrected chi connectivity index (χ3v) is 11.5. The van der Waals surface area contributed by atoms with Crippen LogP contribution >= 0.6 is 0 Å². The lowest BCUT2D eigenvalue weighted by Gasteiger charge is -2.30. The van der Waals surface area contributed by atoms with Crippen molar-refractivity contribution in [1.29, 1.82) is 5.26 Å². The first-order chi connectivity index (χ1) is 31.1. The zero-order valence-electron chi connectivity index (χ0n) is 33.2. The van der Waals surface area contributed by atoms with Crippen LogP contribution in [0.15, 0.2) is 170 Å². The Labute approximate surface area is 362 Å². The van der Waals surface area contributed by atoms with E-state index in [1.54, 1.807) is 65.6 Å². The van der Waals surface area contributed by atoms with Crippen molar-refractivity contribution >= 4 is 72.1 Å². The number of nitriles is 1. The lowest BCUT2D eigenvalue weighted by molar-refractivity contribution is 0.599. The van der Waals surface area contributed by atoms with Gasteiger partial charge in [0.05, 0.1) is 41.0 Å². The molecule has 0 saturated heterocycles. The lowest BCUT2D eigenvalue weighted by atomic mass is 9.91. The van der Waals surface area contributed by atoms with Crippen molar-refractivity contribution in [3.05, 3.63) is 222 Å². The zero-order valence-corrected chi connectivity index (χ0v) is 33.2. The molecule has 10 aromatic rings. The summed E-state index contributed by atoms with van der Waals surface area (Å²) >= 11 is 0. The van der Waals surface area contributed by atoms with E-state index < -0.39 is 34.9 Å². The van der Waals surface area contributed by atoms with Gasteiger partial charge >= 0.3 is 0 Å². The van der Waals surface area contributed by atoms with Crippen LogP contribution in [-0.4, -0.2) is 0 Å². The number of anilines is 6. The molecule has 0 aromatic heterocycles. The monoisotopic (exact) mass is 846 g/mol. The van der Waals surface area contributed by atoms with Crippen LogP contribution in [0.2, 0.25) is 0 Å². The van der Waals surface area contributed by atoms with E-state index in [0.29, 0.717) is 44.8 Å². The molecule has 0 unspecified atom stereocenters. The highest BCUT2D eigenvalue weighted by Gasteiger charge is 2.27. The molecule has 0 N–H and O–H groups in total. The first-order valence-corrected chi connectivity index (χ1v) is 19.9. The Kier molecular flexibility index (Phi) is 9.70. The third-order valence-electron chi connectivity index (χ3n) is 11.5. The van der Waals surface area contributed by atoms with Crippen molar-refractivity contribution in [2.24, 2.45) is 0 Å². The average Bonchev–Trinajstić information content (AvgIpc) is 3.32. The predicted molar refractivity (Wildman–Crippen MR) is 241 cm³/mol. The molecule has 0 bridgehead atoms. The second kappa shape index (κ2) is 15.7. The standard InChI is InChI=1S/C54H28F6N4/c1-62-34-16-20-36(21-17-34)64(52-29-46(58)42(27-48(52)60)38-7-3-5-9-44(38)56)50-25-15-33-12-22-39-49(24-14-32-13-23-40(50)54(33)53(32)39)63(35-18-10-31(30-61)11-19-35)51-28-45(57)41(26-47(51)59)37-6-2-4-8-43(37)55/h2-29H. The van der Waals surface area contributed by atoms with Crippen molar-refractivity contribution in [3.8, 4) is 28.3 Å². The number of rotatable bonds is 8. The zero-order chi connectivity index (χ0) is 44.2. The van der Waals surface area contributed by atoms with Gasteiger partial charge < -0.3 is 9.80 Å². The Morgan fingerprint density at radius 2 is 0.828 bits per heavy atom. The molecule has 0 radical (unpaired) electrons. The van der Waals surface area contributed by atoms with Crippen molar-refractivity contribution in [2.45, 2.75) is 0 Å². The van der Waals surface area contributed by atoms with Gasteiger partial charge in [-0.05, 0) is 94.3 Å². The Morgan fingerprint density at radius 1 is 0.406 bits per heavy atom. The summed E-state index contributed by atoms with van der Waals surface area (Å²) in [6, 6.07) is 44.7. The summed E-state index contributed by atoms with van der Waals surface area (Å²) in [6.45, 7) is 7.52. The van der Waals surface area contributed by atoms with E-state index in [-0.39, 0.29) is 33.6 Å². The van der Waals surface area contributed by atoms with Crippen molar-refractivity contribution < 1.29 is 26.3 Å². The molecule has 0 aliphatic rings. The molecular weight excluding hydrogens is 819 g/mol. The minimum atomic E-state index is -0.863. The topological polar surface area (TPSA) is 34.6 Å². The molecule has 64 heavy (non-hydrogen) atoms. The highest BCUT2D eigenvalue weighted by molar-refractivity contribution is 6.28. The largest absolute Gasteiger partial charge is 0.307 e. The maximum atomic E-state index is 16.6. The average molecular weight is 847 g/mol. The Morgan fingerprint density at radius 3 is 1.25 bits per heavy atom. The van der Waals surface area contributed by atoms with Crippen LogP contribution in [0.3, 0.4) is 0 Å². The van der Waals surface area contributed by atoms with E-state index in [9.17, 15) is 14.0 Å². The minimum Gasteiger partial charge on any atom is -0.307 e. The molecule has 10 aromatic carbocycles. The second-order valence-corrected chi connectivity index (χ2v) is 15.1. The molecule has 0 atom stereocenters. The van der Waals surface area contributed by atoms with Gasteiger partial charge in [0.15, 0.2) is 5.69 Å². The van der Waals surface area contributed by atoms with Crippen molar-refractivity contribution in [2.75, 3.05) is 9.80 Å². The number of hydrogen-bond donors (Lipinski definition) is 0. The fraction of sp³-hybridized carbons (Fsp3) is 0. The first-order valence-electron chi connectivity index (χ1n) is 19.9. The van der Waals surface area contributed by atoms with Gasteiger partial charge in [-0.2, -0.15) is 5.26 Å². The number of halogens is 6.